The molecule has 0 aromatic carbocycles. The highest BCUT2D eigenvalue weighted by atomic mass is 16.8. The average Bonchev–Trinajstić information content (AvgIpc) is 3.32. The van der Waals surface area contributed by atoms with Crippen LogP contribution in [0.15, 0.2) is 0 Å². The van der Waals surface area contributed by atoms with Crippen LogP contribution in [0.25, 0.3) is 0 Å². The van der Waals surface area contributed by atoms with Crippen LogP contribution in [0.2, 0.25) is 0 Å². The second-order valence-electron chi connectivity index (χ2n) is 15.6. The van der Waals surface area contributed by atoms with Gasteiger partial charge in [0.05, 0.1) is 11.7 Å². The van der Waals surface area contributed by atoms with Gasteiger partial charge in [-0.25, -0.2) is 0 Å². The Bertz CT molecular complexity index is 893. The van der Waals surface area contributed by atoms with E-state index in [9.17, 15) is 10.2 Å². The minimum Gasteiger partial charge on any atom is -0.393 e. The van der Waals surface area contributed by atoms with Crippen LogP contribution in [-0.2, 0) is 9.47 Å². The van der Waals surface area contributed by atoms with E-state index in [0.29, 0.717) is 23.2 Å². The molecule has 0 aromatic heterocycles. The van der Waals surface area contributed by atoms with Gasteiger partial charge in [0.1, 0.15) is 11.2 Å². The molecule has 0 amide bonds. The third-order valence-electron chi connectivity index (χ3n) is 13.9. The minimum absolute atomic E-state index is 0.00287. The molecular weight excluding hydrogens is 424 g/mol. The van der Waals surface area contributed by atoms with Crippen molar-refractivity contribution >= 4 is 0 Å². The highest BCUT2D eigenvalue weighted by Gasteiger charge is 2.80. The second kappa shape index (κ2) is 6.45. The van der Waals surface area contributed by atoms with E-state index in [1.165, 1.54) is 32.1 Å². The molecule has 194 valence electrons. The van der Waals surface area contributed by atoms with Gasteiger partial charge in [0.15, 0.2) is 5.79 Å². The van der Waals surface area contributed by atoms with Crippen molar-refractivity contribution in [1.82, 2.24) is 0 Å². The first kappa shape index (κ1) is 24.2. The molecule has 2 bridgehead atoms. The summed E-state index contributed by atoms with van der Waals surface area (Å²) >= 11 is 0. The lowest BCUT2D eigenvalue weighted by molar-refractivity contribution is -0.284. The topological polar surface area (TPSA) is 58.9 Å². The Kier molecular flexibility index (Phi) is 4.59. The van der Waals surface area contributed by atoms with Gasteiger partial charge in [-0.2, -0.15) is 0 Å². The Morgan fingerprint density at radius 2 is 1.32 bits per heavy atom. The van der Waals surface area contributed by atoms with Crippen molar-refractivity contribution in [3.8, 4) is 0 Å². The molecule has 4 saturated carbocycles. The third kappa shape index (κ3) is 2.42. The zero-order valence-corrected chi connectivity index (χ0v) is 23.1. The molecule has 0 aromatic rings. The number of aliphatic hydroxyl groups excluding tert-OH is 1. The van der Waals surface area contributed by atoms with E-state index in [-0.39, 0.29) is 33.6 Å². The molecule has 4 heteroatoms. The Morgan fingerprint density at radius 3 is 1.97 bits per heavy atom. The molecule has 6 fully saturated rings. The van der Waals surface area contributed by atoms with E-state index in [0.717, 1.165) is 32.1 Å². The summed E-state index contributed by atoms with van der Waals surface area (Å²) in [5.74, 6) is 0.892. The molecule has 2 N–H and O–H groups in total. The van der Waals surface area contributed by atoms with Crippen molar-refractivity contribution in [2.75, 3.05) is 0 Å². The normalized spacial score (nSPS) is 60.2. The zero-order valence-electron chi connectivity index (χ0n) is 23.1. The van der Waals surface area contributed by atoms with E-state index in [4.69, 9.17) is 9.47 Å². The van der Waals surface area contributed by atoms with Crippen molar-refractivity contribution in [2.24, 2.45) is 39.4 Å². The van der Waals surface area contributed by atoms with Crippen LogP contribution >= 0.6 is 0 Å². The number of fused-ring (bicyclic) bond motifs is 9. The molecule has 6 rings (SSSR count). The number of hydrogen-bond acceptors (Lipinski definition) is 4. The van der Waals surface area contributed by atoms with E-state index in [1.807, 2.05) is 13.8 Å². The maximum atomic E-state index is 11.1. The fourth-order valence-electron chi connectivity index (χ4n) is 11.7. The van der Waals surface area contributed by atoms with E-state index in [2.05, 4.69) is 41.5 Å². The molecule has 10 atom stereocenters. The summed E-state index contributed by atoms with van der Waals surface area (Å²) in [7, 11) is 0. The lowest BCUT2D eigenvalue weighted by atomic mass is 9.35. The van der Waals surface area contributed by atoms with Crippen LogP contribution in [0.3, 0.4) is 0 Å². The van der Waals surface area contributed by atoms with Gasteiger partial charge in [-0.05, 0) is 118 Å². The molecule has 1 spiro atoms. The van der Waals surface area contributed by atoms with Gasteiger partial charge in [-0.15, -0.1) is 0 Å². The highest BCUT2D eigenvalue weighted by molar-refractivity contribution is 5.27. The van der Waals surface area contributed by atoms with Gasteiger partial charge in [-0.1, -0.05) is 34.6 Å². The summed E-state index contributed by atoms with van der Waals surface area (Å²) in [6, 6.07) is 0. The standard InChI is InChI=1S/C30H50O4/c1-23(2)19-11-14-26(6)20(25(19,5)13-12-22(23)31)9-10-21-27(26,7)15-17-29(21)28(8)16-18-30(33-28,34-29)24(3,4)32/h19-22,31-32H,9-18H2,1-8H3. The molecule has 4 nitrogen and oxygen atoms in total. The van der Waals surface area contributed by atoms with Crippen LogP contribution in [0.4, 0.5) is 0 Å². The predicted octanol–water partition coefficient (Wildman–Crippen LogP) is 6.22. The van der Waals surface area contributed by atoms with Gasteiger partial charge in [0.25, 0.3) is 0 Å². The zero-order chi connectivity index (χ0) is 24.8. The smallest absolute Gasteiger partial charge is 0.198 e. The minimum atomic E-state index is -1.01. The highest BCUT2D eigenvalue weighted by Crippen LogP contribution is 2.79. The van der Waals surface area contributed by atoms with Gasteiger partial charge >= 0.3 is 0 Å². The Morgan fingerprint density at radius 1 is 0.676 bits per heavy atom. The summed E-state index contributed by atoms with van der Waals surface area (Å²) in [5, 5.41) is 22.0. The van der Waals surface area contributed by atoms with Crippen LogP contribution < -0.4 is 0 Å². The number of aliphatic hydroxyl groups is 2. The van der Waals surface area contributed by atoms with Crippen LogP contribution in [0.5, 0.6) is 0 Å². The maximum absolute atomic E-state index is 11.1. The van der Waals surface area contributed by atoms with Crippen molar-refractivity contribution in [2.45, 2.75) is 148 Å². The third-order valence-corrected chi connectivity index (χ3v) is 13.9. The van der Waals surface area contributed by atoms with Gasteiger partial charge in [0.2, 0.25) is 0 Å². The molecule has 10 unspecified atom stereocenters. The van der Waals surface area contributed by atoms with Crippen LogP contribution in [0.1, 0.15) is 120 Å². The van der Waals surface area contributed by atoms with Crippen molar-refractivity contribution in [1.29, 1.82) is 0 Å². The summed E-state index contributed by atoms with van der Waals surface area (Å²) in [5.41, 5.74) is -0.826. The van der Waals surface area contributed by atoms with Crippen molar-refractivity contribution in [3.05, 3.63) is 0 Å². The van der Waals surface area contributed by atoms with E-state index < -0.39 is 11.4 Å². The lowest BCUT2D eigenvalue weighted by Crippen LogP contribution is -2.66. The Labute approximate surface area is 207 Å². The van der Waals surface area contributed by atoms with E-state index >= 15 is 0 Å². The average molecular weight is 475 g/mol. The fourth-order valence-corrected chi connectivity index (χ4v) is 11.7. The fraction of sp³-hybridized carbons (Fsp3) is 1.00. The SMILES string of the molecule is CC1(C)C(O)CCC2(C)C1CCC1(C)C2CCC2C1(C)CCC21OC2(C(C)(C)O)CCC1(C)O2. The quantitative estimate of drug-likeness (QED) is 0.473. The van der Waals surface area contributed by atoms with E-state index in [1.54, 1.807) is 0 Å². The second-order valence-corrected chi connectivity index (χ2v) is 15.6. The van der Waals surface area contributed by atoms with Crippen molar-refractivity contribution < 1.29 is 19.7 Å². The molecule has 34 heavy (non-hydrogen) atoms. The number of ether oxygens (including phenoxy) is 2. The van der Waals surface area contributed by atoms with Gasteiger partial charge in [-0.3, -0.25) is 0 Å². The lowest BCUT2D eigenvalue weighted by Gasteiger charge is -2.70. The monoisotopic (exact) mass is 474 g/mol. The molecule has 6 aliphatic rings. The number of rotatable bonds is 1. The molecule has 4 aliphatic carbocycles. The van der Waals surface area contributed by atoms with Gasteiger partial charge in [0, 0.05) is 6.42 Å². The molecule has 0 radical (unpaired) electrons. The summed E-state index contributed by atoms with van der Waals surface area (Å²) in [6.45, 7) is 18.5. The first-order valence-corrected chi connectivity index (χ1v) is 14.3. The molecule has 2 saturated heterocycles. The van der Waals surface area contributed by atoms with Gasteiger partial charge < -0.3 is 19.7 Å². The summed E-state index contributed by atoms with van der Waals surface area (Å²) < 4.78 is 13.9. The first-order valence-electron chi connectivity index (χ1n) is 14.3. The maximum Gasteiger partial charge on any atom is 0.198 e. The Hall–Kier alpha value is -0.160. The van der Waals surface area contributed by atoms with Crippen molar-refractivity contribution in [3.63, 3.8) is 0 Å². The summed E-state index contributed by atoms with van der Waals surface area (Å²) in [4.78, 5) is 0. The molecular formula is C30H50O4. The van der Waals surface area contributed by atoms with Crippen LogP contribution in [0, 0.1) is 39.4 Å². The summed E-state index contributed by atoms with van der Waals surface area (Å²) in [6.07, 6.45) is 10.9. The first-order chi connectivity index (χ1) is 15.5. The predicted molar refractivity (Wildman–Crippen MR) is 133 cm³/mol. The molecule has 2 heterocycles. The Balaban J connectivity index is 1.39. The van der Waals surface area contributed by atoms with Crippen LogP contribution in [-0.4, -0.2) is 38.9 Å². The molecule has 2 aliphatic heterocycles. The largest absolute Gasteiger partial charge is 0.393 e. The number of hydrogen-bond donors (Lipinski definition) is 2.